The Balaban J connectivity index is 1.51. The molecule has 0 aliphatic heterocycles. The van der Waals surface area contributed by atoms with Gasteiger partial charge in [-0.15, -0.1) is 5.10 Å². The van der Waals surface area contributed by atoms with Gasteiger partial charge in [-0.3, -0.25) is 4.79 Å². The van der Waals surface area contributed by atoms with Crippen LogP contribution in [0.25, 0.3) is 5.69 Å². The van der Waals surface area contributed by atoms with E-state index >= 15 is 0 Å². The Morgan fingerprint density at radius 1 is 1.00 bits per heavy atom. The minimum absolute atomic E-state index is 0.0835. The summed E-state index contributed by atoms with van der Waals surface area (Å²) in [7, 11) is 0. The molecule has 150 valence electrons. The van der Waals surface area contributed by atoms with Crippen LogP contribution >= 0.6 is 0 Å². The Morgan fingerprint density at radius 2 is 1.83 bits per heavy atom. The minimum Gasteiger partial charge on any atom is -0.484 e. The van der Waals surface area contributed by atoms with Crippen molar-refractivity contribution < 1.29 is 9.53 Å². The zero-order chi connectivity index (χ0) is 20.8. The molecule has 1 heterocycles. The molecule has 7 heteroatoms. The first-order valence-corrected chi connectivity index (χ1v) is 9.56. The lowest BCUT2D eigenvalue weighted by molar-refractivity contribution is -0.120. The molecule has 30 heavy (non-hydrogen) atoms. The molecule has 0 N–H and O–H groups in total. The largest absolute Gasteiger partial charge is 0.484 e. The van der Waals surface area contributed by atoms with Crippen LogP contribution in [0.4, 0.5) is 5.69 Å². The highest BCUT2D eigenvalue weighted by Gasteiger charge is 2.17. The lowest BCUT2D eigenvalue weighted by Gasteiger charge is -2.23. The van der Waals surface area contributed by atoms with Crippen molar-refractivity contribution in [1.82, 2.24) is 20.2 Å². The topological polar surface area (TPSA) is 73.1 Å². The van der Waals surface area contributed by atoms with Gasteiger partial charge in [0, 0.05) is 11.8 Å². The number of hydrogen-bond donors (Lipinski definition) is 0. The average molecular weight is 399 g/mol. The smallest absolute Gasteiger partial charge is 0.265 e. The van der Waals surface area contributed by atoms with Crippen LogP contribution in [0.3, 0.4) is 0 Å². The fraction of sp³-hybridized carbons (Fsp3) is 0.130. The molecule has 0 aliphatic rings. The van der Waals surface area contributed by atoms with Gasteiger partial charge in [0.15, 0.2) is 6.61 Å². The van der Waals surface area contributed by atoms with E-state index in [0.717, 1.165) is 22.5 Å². The van der Waals surface area contributed by atoms with E-state index in [1.807, 2.05) is 73.7 Å². The summed E-state index contributed by atoms with van der Waals surface area (Å²) in [6, 6.07) is 25.1. The molecular weight excluding hydrogens is 378 g/mol. The molecular formula is C23H21N5O2. The predicted octanol–water partition coefficient (Wildman–Crippen LogP) is 3.58. The third-order valence-corrected chi connectivity index (χ3v) is 4.59. The maximum absolute atomic E-state index is 13.1. The number of benzene rings is 3. The van der Waals surface area contributed by atoms with Gasteiger partial charge < -0.3 is 9.64 Å². The Kier molecular flexibility index (Phi) is 5.80. The summed E-state index contributed by atoms with van der Waals surface area (Å²) in [6.45, 7) is 2.40. The van der Waals surface area contributed by atoms with E-state index in [0.29, 0.717) is 12.3 Å². The van der Waals surface area contributed by atoms with Crippen LogP contribution in [0.2, 0.25) is 0 Å². The molecule has 4 aromatic rings. The number of rotatable bonds is 7. The molecule has 0 atom stereocenters. The summed E-state index contributed by atoms with van der Waals surface area (Å²) in [5.41, 5.74) is 3.74. The lowest BCUT2D eigenvalue weighted by Crippen LogP contribution is -2.34. The van der Waals surface area contributed by atoms with Crippen molar-refractivity contribution in [2.45, 2.75) is 13.5 Å². The summed E-state index contributed by atoms with van der Waals surface area (Å²) in [4.78, 5) is 14.9. The quantitative estimate of drug-likeness (QED) is 0.475. The van der Waals surface area contributed by atoms with Gasteiger partial charge in [0.25, 0.3) is 5.91 Å². The van der Waals surface area contributed by atoms with Crippen LogP contribution in [-0.4, -0.2) is 32.7 Å². The normalized spacial score (nSPS) is 10.6. The van der Waals surface area contributed by atoms with E-state index in [1.165, 1.54) is 11.0 Å². The van der Waals surface area contributed by atoms with Crippen molar-refractivity contribution in [3.63, 3.8) is 0 Å². The van der Waals surface area contributed by atoms with Crippen molar-refractivity contribution >= 4 is 11.6 Å². The number of amides is 1. The molecule has 0 bridgehead atoms. The Hall–Kier alpha value is -4.00. The molecule has 0 spiro atoms. The van der Waals surface area contributed by atoms with E-state index in [2.05, 4.69) is 15.5 Å². The Morgan fingerprint density at radius 3 is 2.60 bits per heavy atom. The predicted molar refractivity (Wildman–Crippen MR) is 113 cm³/mol. The van der Waals surface area contributed by atoms with Crippen molar-refractivity contribution in [3.05, 3.63) is 96.3 Å². The fourth-order valence-corrected chi connectivity index (χ4v) is 3.10. The zero-order valence-corrected chi connectivity index (χ0v) is 16.5. The molecule has 1 aromatic heterocycles. The maximum Gasteiger partial charge on any atom is 0.265 e. The van der Waals surface area contributed by atoms with Gasteiger partial charge in [-0.25, -0.2) is 4.68 Å². The van der Waals surface area contributed by atoms with Crippen LogP contribution < -0.4 is 9.64 Å². The second-order valence-corrected chi connectivity index (χ2v) is 6.84. The van der Waals surface area contributed by atoms with E-state index in [-0.39, 0.29) is 12.5 Å². The van der Waals surface area contributed by atoms with Crippen molar-refractivity contribution in [3.8, 4) is 11.4 Å². The number of hydrogen-bond acceptors (Lipinski definition) is 5. The molecule has 1 amide bonds. The number of carbonyl (C=O) groups excluding carboxylic acids is 1. The van der Waals surface area contributed by atoms with Crippen molar-refractivity contribution in [2.24, 2.45) is 0 Å². The van der Waals surface area contributed by atoms with Gasteiger partial charge >= 0.3 is 0 Å². The average Bonchev–Trinajstić information content (AvgIpc) is 3.32. The van der Waals surface area contributed by atoms with E-state index in [9.17, 15) is 4.79 Å². The van der Waals surface area contributed by atoms with Gasteiger partial charge in [0.2, 0.25) is 0 Å². The summed E-state index contributed by atoms with van der Waals surface area (Å²) >= 11 is 0. The SMILES string of the molecule is Cc1cccc(N(Cc2ccccc2)C(=O)COc2cccc(-n3cnnn3)c2)c1. The Bertz CT molecular complexity index is 1110. The second-order valence-electron chi connectivity index (χ2n) is 6.84. The highest BCUT2D eigenvalue weighted by molar-refractivity contribution is 5.94. The van der Waals surface area contributed by atoms with Crippen LogP contribution in [0.15, 0.2) is 85.2 Å². The highest BCUT2D eigenvalue weighted by atomic mass is 16.5. The summed E-state index contributed by atoms with van der Waals surface area (Å²) in [5, 5.41) is 11.1. The number of aromatic nitrogens is 4. The molecule has 4 rings (SSSR count). The van der Waals surface area contributed by atoms with E-state index < -0.39 is 0 Å². The molecule has 0 aliphatic carbocycles. The van der Waals surface area contributed by atoms with Crippen molar-refractivity contribution in [2.75, 3.05) is 11.5 Å². The number of tetrazole rings is 1. The van der Waals surface area contributed by atoms with Crippen LogP contribution in [0, 0.1) is 6.92 Å². The van der Waals surface area contributed by atoms with Gasteiger partial charge in [0.05, 0.1) is 12.2 Å². The minimum atomic E-state index is -0.128. The monoisotopic (exact) mass is 399 g/mol. The highest BCUT2D eigenvalue weighted by Crippen LogP contribution is 2.20. The van der Waals surface area contributed by atoms with E-state index in [1.54, 1.807) is 17.0 Å². The molecule has 0 saturated heterocycles. The zero-order valence-electron chi connectivity index (χ0n) is 16.5. The van der Waals surface area contributed by atoms with Crippen LogP contribution in [0.5, 0.6) is 5.75 Å². The molecule has 0 radical (unpaired) electrons. The molecule has 7 nitrogen and oxygen atoms in total. The number of nitrogens with zero attached hydrogens (tertiary/aromatic N) is 5. The third-order valence-electron chi connectivity index (χ3n) is 4.59. The van der Waals surface area contributed by atoms with E-state index in [4.69, 9.17) is 4.74 Å². The molecule has 3 aromatic carbocycles. The van der Waals surface area contributed by atoms with Gasteiger partial charge in [-0.1, -0.05) is 48.5 Å². The second kappa shape index (κ2) is 9.00. The van der Waals surface area contributed by atoms with Crippen LogP contribution in [-0.2, 0) is 11.3 Å². The number of carbonyl (C=O) groups is 1. The maximum atomic E-state index is 13.1. The van der Waals surface area contributed by atoms with Gasteiger partial charge in [-0.05, 0) is 52.7 Å². The van der Waals surface area contributed by atoms with Gasteiger partial charge in [-0.2, -0.15) is 0 Å². The number of ether oxygens (including phenoxy) is 1. The van der Waals surface area contributed by atoms with Crippen molar-refractivity contribution in [1.29, 1.82) is 0 Å². The fourth-order valence-electron chi connectivity index (χ4n) is 3.10. The van der Waals surface area contributed by atoms with Crippen LogP contribution in [0.1, 0.15) is 11.1 Å². The Labute approximate surface area is 174 Å². The molecule has 0 unspecified atom stereocenters. The lowest BCUT2D eigenvalue weighted by atomic mass is 10.1. The first-order chi connectivity index (χ1) is 14.7. The molecule has 0 saturated carbocycles. The molecule has 0 fully saturated rings. The summed E-state index contributed by atoms with van der Waals surface area (Å²) in [6.07, 6.45) is 1.50. The summed E-state index contributed by atoms with van der Waals surface area (Å²) < 4.78 is 7.33. The summed E-state index contributed by atoms with van der Waals surface area (Å²) in [5.74, 6) is 0.442. The van der Waals surface area contributed by atoms with Gasteiger partial charge in [0.1, 0.15) is 12.1 Å². The first-order valence-electron chi connectivity index (χ1n) is 9.56. The standard InChI is InChI=1S/C23H21N5O2/c1-18-7-5-10-20(13-18)27(15-19-8-3-2-4-9-19)23(29)16-30-22-12-6-11-21(14-22)28-17-24-25-26-28/h2-14,17H,15-16H2,1H3. The first kappa shape index (κ1) is 19.3. The number of aryl methyl sites for hydroxylation is 1. The third kappa shape index (κ3) is 4.70. The number of anilines is 1.